The van der Waals surface area contributed by atoms with Crippen LogP contribution in [-0.2, 0) is 13.0 Å². The second-order valence-electron chi connectivity index (χ2n) is 4.53. The summed E-state index contributed by atoms with van der Waals surface area (Å²) in [6.45, 7) is 2.68. The molecule has 0 aliphatic heterocycles. The van der Waals surface area contributed by atoms with Gasteiger partial charge in [0.1, 0.15) is 12.4 Å². The van der Waals surface area contributed by atoms with Gasteiger partial charge in [0.15, 0.2) is 0 Å². The first-order chi connectivity index (χ1) is 9.38. The summed E-state index contributed by atoms with van der Waals surface area (Å²) in [5, 5.41) is 0. The fourth-order valence-electron chi connectivity index (χ4n) is 1.91. The summed E-state index contributed by atoms with van der Waals surface area (Å²) in [6.07, 6.45) is 6.47. The van der Waals surface area contributed by atoms with Gasteiger partial charge in [-0.2, -0.15) is 0 Å². The summed E-state index contributed by atoms with van der Waals surface area (Å²) < 4.78 is 5.76. The Balaban J connectivity index is 1.85. The Morgan fingerprint density at radius 2 is 1.63 bits per heavy atom. The van der Waals surface area contributed by atoms with E-state index < -0.39 is 0 Å². The first kappa shape index (κ1) is 13.4. The molecular weight excluding hydrogens is 232 g/mol. The van der Waals surface area contributed by atoms with Crippen LogP contribution in [0.2, 0.25) is 0 Å². The molecule has 0 fully saturated rings. The quantitative estimate of drug-likeness (QED) is 0.673. The predicted molar refractivity (Wildman–Crippen MR) is 80.4 cm³/mol. The minimum atomic E-state index is 0.624. The maximum absolute atomic E-state index is 5.76. The lowest BCUT2D eigenvalue weighted by Gasteiger charge is -2.07. The molecule has 0 atom stereocenters. The Morgan fingerprint density at radius 3 is 2.32 bits per heavy atom. The zero-order chi connectivity index (χ0) is 13.3. The molecule has 0 N–H and O–H groups in total. The zero-order valence-electron chi connectivity index (χ0n) is 11.4. The molecule has 0 aromatic heterocycles. The van der Waals surface area contributed by atoms with E-state index >= 15 is 0 Å². The van der Waals surface area contributed by atoms with E-state index in [2.05, 4.69) is 43.3 Å². The van der Waals surface area contributed by atoms with Crippen LogP contribution in [0.4, 0.5) is 0 Å². The van der Waals surface area contributed by atoms with E-state index in [1.54, 1.807) is 0 Å². The molecule has 0 aliphatic carbocycles. The number of hydrogen-bond acceptors (Lipinski definition) is 1. The number of allylic oxidation sites excluding steroid dienone is 2. The summed E-state index contributed by atoms with van der Waals surface area (Å²) in [4.78, 5) is 0. The van der Waals surface area contributed by atoms with E-state index in [-0.39, 0.29) is 0 Å². The van der Waals surface area contributed by atoms with Crippen molar-refractivity contribution in [2.75, 3.05) is 0 Å². The van der Waals surface area contributed by atoms with E-state index in [4.69, 9.17) is 4.74 Å². The van der Waals surface area contributed by atoms with Gasteiger partial charge in [-0.3, -0.25) is 0 Å². The van der Waals surface area contributed by atoms with Gasteiger partial charge in [-0.25, -0.2) is 0 Å². The van der Waals surface area contributed by atoms with Crippen LogP contribution < -0.4 is 4.74 Å². The standard InChI is InChI=1S/C18H20O/c1-2-3-5-8-16-11-13-18(14-12-16)19-15-17-9-6-4-7-10-17/h2-4,6-7,9-14H,5,8,15H2,1H3/b3-2-. The molecular formula is C18H20O. The van der Waals surface area contributed by atoms with Crippen molar-refractivity contribution in [3.05, 3.63) is 77.9 Å². The molecule has 2 aromatic carbocycles. The van der Waals surface area contributed by atoms with Crippen molar-refractivity contribution in [2.45, 2.75) is 26.4 Å². The number of benzene rings is 2. The van der Waals surface area contributed by atoms with Gasteiger partial charge in [-0.15, -0.1) is 0 Å². The number of hydrogen-bond donors (Lipinski definition) is 0. The third-order valence-corrected chi connectivity index (χ3v) is 3.01. The minimum absolute atomic E-state index is 0.624. The molecule has 1 heteroatoms. The summed E-state index contributed by atoms with van der Waals surface area (Å²) in [5.41, 5.74) is 2.55. The van der Waals surface area contributed by atoms with Crippen molar-refractivity contribution in [3.8, 4) is 5.75 Å². The third-order valence-electron chi connectivity index (χ3n) is 3.01. The van der Waals surface area contributed by atoms with E-state index in [0.717, 1.165) is 18.6 Å². The molecule has 0 saturated heterocycles. The second-order valence-corrected chi connectivity index (χ2v) is 4.53. The highest BCUT2D eigenvalue weighted by Gasteiger charge is 1.96. The SMILES string of the molecule is C/C=C\CCc1ccc(OCc2ccccc2)cc1. The van der Waals surface area contributed by atoms with Crippen molar-refractivity contribution >= 4 is 0 Å². The van der Waals surface area contributed by atoms with Crippen LogP contribution >= 0.6 is 0 Å². The lowest BCUT2D eigenvalue weighted by atomic mass is 10.1. The van der Waals surface area contributed by atoms with Gasteiger partial charge in [0, 0.05) is 0 Å². The lowest BCUT2D eigenvalue weighted by molar-refractivity contribution is 0.306. The van der Waals surface area contributed by atoms with Gasteiger partial charge < -0.3 is 4.74 Å². The molecule has 2 aromatic rings. The van der Waals surface area contributed by atoms with Crippen molar-refractivity contribution < 1.29 is 4.74 Å². The molecule has 1 nitrogen and oxygen atoms in total. The third kappa shape index (κ3) is 4.63. The first-order valence-electron chi connectivity index (χ1n) is 6.75. The summed E-state index contributed by atoms with van der Waals surface area (Å²) in [7, 11) is 0. The topological polar surface area (TPSA) is 9.23 Å². The van der Waals surface area contributed by atoms with Gasteiger partial charge in [-0.05, 0) is 43.0 Å². The summed E-state index contributed by atoms with van der Waals surface area (Å²) >= 11 is 0. The van der Waals surface area contributed by atoms with Gasteiger partial charge in [-0.1, -0.05) is 54.6 Å². The van der Waals surface area contributed by atoms with Gasteiger partial charge in [0.25, 0.3) is 0 Å². The van der Waals surface area contributed by atoms with Crippen LogP contribution in [-0.4, -0.2) is 0 Å². The smallest absolute Gasteiger partial charge is 0.119 e. The minimum Gasteiger partial charge on any atom is -0.489 e. The number of aryl methyl sites for hydroxylation is 1. The van der Waals surface area contributed by atoms with E-state index in [1.165, 1.54) is 11.1 Å². The maximum Gasteiger partial charge on any atom is 0.119 e. The molecule has 0 spiro atoms. The molecule has 0 radical (unpaired) electrons. The van der Waals surface area contributed by atoms with Crippen LogP contribution in [0.5, 0.6) is 5.75 Å². The van der Waals surface area contributed by atoms with Crippen LogP contribution in [0.3, 0.4) is 0 Å². The molecule has 2 rings (SSSR count). The zero-order valence-corrected chi connectivity index (χ0v) is 11.4. The molecule has 0 aliphatic rings. The Morgan fingerprint density at radius 1 is 0.895 bits per heavy atom. The molecule has 0 unspecified atom stereocenters. The number of ether oxygens (including phenoxy) is 1. The average Bonchev–Trinajstić information content (AvgIpc) is 2.48. The molecule has 0 heterocycles. The highest BCUT2D eigenvalue weighted by atomic mass is 16.5. The van der Waals surface area contributed by atoms with Crippen LogP contribution in [0.25, 0.3) is 0 Å². The summed E-state index contributed by atoms with van der Waals surface area (Å²) in [6, 6.07) is 18.6. The van der Waals surface area contributed by atoms with Crippen LogP contribution in [0, 0.1) is 0 Å². The second kappa shape index (κ2) is 7.42. The molecule has 0 saturated carbocycles. The van der Waals surface area contributed by atoms with E-state index in [1.807, 2.05) is 30.3 Å². The Bertz CT molecular complexity index is 497. The van der Waals surface area contributed by atoms with Crippen molar-refractivity contribution in [1.82, 2.24) is 0 Å². The lowest BCUT2D eigenvalue weighted by Crippen LogP contribution is -1.95. The first-order valence-corrected chi connectivity index (χ1v) is 6.75. The predicted octanol–water partition coefficient (Wildman–Crippen LogP) is 4.77. The fraction of sp³-hybridized carbons (Fsp3) is 0.222. The highest BCUT2D eigenvalue weighted by molar-refractivity contribution is 5.28. The van der Waals surface area contributed by atoms with Gasteiger partial charge in [0.05, 0.1) is 0 Å². The molecule has 19 heavy (non-hydrogen) atoms. The van der Waals surface area contributed by atoms with Gasteiger partial charge >= 0.3 is 0 Å². The van der Waals surface area contributed by atoms with E-state index in [0.29, 0.717) is 6.61 Å². The van der Waals surface area contributed by atoms with E-state index in [9.17, 15) is 0 Å². The highest BCUT2D eigenvalue weighted by Crippen LogP contribution is 2.15. The molecule has 0 bridgehead atoms. The fourth-order valence-corrected chi connectivity index (χ4v) is 1.91. The van der Waals surface area contributed by atoms with Crippen LogP contribution in [0.1, 0.15) is 24.5 Å². The largest absolute Gasteiger partial charge is 0.489 e. The Labute approximate surface area is 115 Å². The van der Waals surface area contributed by atoms with Gasteiger partial charge in [0.2, 0.25) is 0 Å². The Kier molecular flexibility index (Phi) is 5.24. The molecule has 98 valence electrons. The molecule has 0 amide bonds. The monoisotopic (exact) mass is 252 g/mol. The van der Waals surface area contributed by atoms with Crippen molar-refractivity contribution in [2.24, 2.45) is 0 Å². The average molecular weight is 252 g/mol. The van der Waals surface area contributed by atoms with Crippen molar-refractivity contribution in [1.29, 1.82) is 0 Å². The normalized spacial score (nSPS) is 10.8. The maximum atomic E-state index is 5.76. The van der Waals surface area contributed by atoms with Crippen LogP contribution in [0.15, 0.2) is 66.7 Å². The number of rotatable bonds is 6. The Hall–Kier alpha value is -2.02. The summed E-state index contributed by atoms with van der Waals surface area (Å²) in [5.74, 6) is 0.929. The van der Waals surface area contributed by atoms with Crippen molar-refractivity contribution in [3.63, 3.8) is 0 Å².